The molecule has 0 atom stereocenters. The van der Waals surface area contributed by atoms with Crippen molar-refractivity contribution in [1.29, 1.82) is 0 Å². The van der Waals surface area contributed by atoms with Crippen LogP contribution in [0.4, 0.5) is 17.8 Å². The number of aliphatic hydroxyl groups is 1. The molecular weight excluding hydrogens is 268 g/mol. The average Bonchev–Trinajstić information content (AvgIpc) is 2.41. The van der Waals surface area contributed by atoms with Crippen LogP contribution in [0.2, 0.25) is 0 Å². The van der Waals surface area contributed by atoms with E-state index in [9.17, 15) is 5.11 Å². The van der Waals surface area contributed by atoms with Crippen molar-refractivity contribution in [3.8, 4) is 0 Å². The number of nitrogens with zero attached hydrogens (tertiary/aromatic N) is 5. The van der Waals surface area contributed by atoms with Crippen molar-refractivity contribution in [3.63, 3.8) is 0 Å². The predicted molar refractivity (Wildman–Crippen MR) is 87.1 cm³/mol. The first-order valence-corrected chi connectivity index (χ1v) is 7.41. The van der Waals surface area contributed by atoms with Crippen molar-refractivity contribution < 1.29 is 5.11 Å². The van der Waals surface area contributed by atoms with Crippen molar-refractivity contribution in [1.82, 2.24) is 15.0 Å². The highest BCUT2D eigenvalue weighted by atomic mass is 16.3. The maximum Gasteiger partial charge on any atom is 0.232 e. The Bertz CT molecular complexity index is 444. The molecule has 0 fully saturated rings. The van der Waals surface area contributed by atoms with Gasteiger partial charge >= 0.3 is 0 Å². The molecule has 7 heteroatoms. The van der Waals surface area contributed by atoms with Gasteiger partial charge < -0.3 is 20.2 Å². The number of hydrogen-bond acceptors (Lipinski definition) is 7. The highest BCUT2D eigenvalue weighted by molar-refractivity contribution is 5.44. The molecule has 0 aliphatic heterocycles. The predicted octanol–water partition coefficient (Wildman–Crippen LogP) is 1.36. The quantitative estimate of drug-likeness (QED) is 0.750. The van der Waals surface area contributed by atoms with Gasteiger partial charge in [0.15, 0.2) is 0 Å². The van der Waals surface area contributed by atoms with Gasteiger partial charge in [-0.3, -0.25) is 0 Å². The molecule has 0 bridgehead atoms. The fraction of sp³-hybridized carbons (Fsp3) is 0.786. The second-order valence-corrected chi connectivity index (χ2v) is 5.91. The molecule has 0 amide bonds. The lowest BCUT2D eigenvalue weighted by Gasteiger charge is -2.28. The molecule has 1 aromatic heterocycles. The minimum Gasteiger partial charge on any atom is -0.389 e. The summed E-state index contributed by atoms with van der Waals surface area (Å²) in [6.45, 7) is 9.66. The number of rotatable bonds is 8. The van der Waals surface area contributed by atoms with Crippen LogP contribution in [0, 0.1) is 0 Å². The molecular formula is C14H28N6O. The zero-order valence-electron chi connectivity index (χ0n) is 14.0. The molecule has 0 aliphatic rings. The van der Waals surface area contributed by atoms with Crippen LogP contribution in [-0.2, 0) is 0 Å². The van der Waals surface area contributed by atoms with E-state index in [1.165, 1.54) is 0 Å². The largest absolute Gasteiger partial charge is 0.389 e. The highest BCUT2D eigenvalue weighted by Crippen LogP contribution is 2.17. The smallest absolute Gasteiger partial charge is 0.232 e. The molecule has 120 valence electrons. The molecule has 0 unspecified atom stereocenters. The first-order chi connectivity index (χ1) is 9.76. The first-order valence-electron chi connectivity index (χ1n) is 7.41. The standard InChI is InChI=1S/C14H28N6O/c1-7-9-15-11-16-12(19(5)6)18-13(17-11)20(8-2)10-14(3,4)21/h21H,7-10H2,1-6H3,(H,15,16,17,18). The monoisotopic (exact) mass is 296 g/mol. The van der Waals surface area contributed by atoms with Gasteiger partial charge in [-0.1, -0.05) is 6.92 Å². The van der Waals surface area contributed by atoms with Crippen molar-refractivity contribution in [2.75, 3.05) is 48.8 Å². The summed E-state index contributed by atoms with van der Waals surface area (Å²) in [6.07, 6.45) is 0.999. The lowest BCUT2D eigenvalue weighted by Crippen LogP contribution is -2.39. The van der Waals surface area contributed by atoms with E-state index >= 15 is 0 Å². The molecule has 0 saturated heterocycles. The van der Waals surface area contributed by atoms with E-state index in [0.29, 0.717) is 30.9 Å². The number of hydrogen-bond donors (Lipinski definition) is 2. The lowest BCUT2D eigenvalue weighted by molar-refractivity contribution is 0.0872. The first kappa shape index (κ1) is 17.4. The van der Waals surface area contributed by atoms with Crippen molar-refractivity contribution in [2.24, 2.45) is 0 Å². The van der Waals surface area contributed by atoms with E-state index < -0.39 is 5.60 Å². The summed E-state index contributed by atoms with van der Waals surface area (Å²) in [7, 11) is 3.80. The molecule has 0 saturated carbocycles. The Morgan fingerprint density at radius 2 is 1.71 bits per heavy atom. The average molecular weight is 296 g/mol. The van der Waals surface area contributed by atoms with Gasteiger partial charge in [-0.05, 0) is 27.2 Å². The van der Waals surface area contributed by atoms with Gasteiger partial charge in [-0.2, -0.15) is 15.0 Å². The zero-order chi connectivity index (χ0) is 16.0. The van der Waals surface area contributed by atoms with Gasteiger partial charge in [0.25, 0.3) is 0 Å². The summed E-state index contributed by atoms with van der Waals surface area (Å²) in [4.78, 5) is 17.1. The third-order valence-corrected chi connectivity index (χ3v) is 2.79. The maximum absolute atomic E-state index is 10.0. The Morgan fingerprint density at radius 1 is 1.10 bits per heavy atom. The Hall–Kier alpha value is -1.63. The van der Waals surface area contributed by atoms with Crippen LogP contribution in [0.25, 0.3) is 0 Å². The molecule has 0 aliphatic carbocycles. The summed E-state index contributed by atoms with van der Waals surface area (Å²) in [5.41, 5.74) is -0.808. The molecule has 2 N–H and O–H groups in total. The number of aromatic nitrogens is 3. The van der Waals surface area contributed by atoms with Crippen molar-refractivity contribution >= 4 is 17.8 Å². The normalized spacial score (nSPS) is 11.4. The summed E-state index contributed by atoms with van der Waals surface area (Å²) in [5.74, 6) is 1.75. The minimum atomic E-state index is -0.808. The number of anilines is 3. The van der Waals surface area contributed by atoms with Crippen LogP contribution < -0.4 is 15.1 Å². The fourth-order valence-corrected chi connectivity index (χ4v) is 1.80. The molecule has 7 nitrogen and oxygen atoms in total. The lowest BCUT2D eigenvalue weighted by atomic mass is 10.1. The van der Waals surface area contributed by atoms with Gasteiger partial charge in [-0.15, -0.1) is 0 Å². The molecule has 0 radical (unpaired) electrons. The molecule has 1 heterocycles. The van der Waals surface area contributed by atoms with Crippen LogP contribution in [-0.4, -0.2) is 59.4 Å². The van der Waals surface area contributed by atoms with E-state index in [1.807, 2.05) is 30.8 Å². The van der Waals surface area contributed by atoms with E-state index in [1.54, 1.807) is 13.8 Å². The second kappa shape index (κ2) is 7.40. The maximum atomic E-state index is 10.0. The van der Waals surface area contributed by atoms with Crippen LogP contribution in [0.1, 0.15) is 34.1 Å². The van der Waals surface area contributed by atoms with Crippen LogP contribution in [0.15, 0.2) is 0 Å². The van der Waals surface area contributed by atoms with E-state index in [4.69, 9.17) is 0 Å². The molecule has 1 rings (SSSR count). The fourth-order valence-electron chi connectivity index (χ4n) is 1.80. The van der Waals surface area contributed by atoms with Crippen molar-refractivity contribution in [3.05, 3.63) is 0 Å². The number of nitrogens with one attached hydrogen (secondary N) is 1. The highest BCUT2D eigenvalue weighted by Gasteiger charge is 2.21. The summed E-state index contributed by atoms with van der Waals surface area (Å²) in [5, 5.41) is 13.2. The van der Waals surface area contributed by atoms with Crippen LogP contribution in [0.5, 0.6) is 0 Å². The number of likely N-dealkylation sites (N-methyl/N-ethyl adjacent to an activating group) is 1. The molecule has 1 aromatic rings. The van der Waals surface area contributed by atoms with Gasteiger partial charge in [0.1, 0.15) is 0 Å². The van der Waals surface area contributed by atoms with Crippen LogP contribution in [0.3, 0.4) is 0 Å². The topological polar surface area (TPSA) is 77.4 Å². The van der Waals surface area contributed by atoms with Gasteiger partial charge in [0, 0.05) is 33.7 Å². The second-order valence-electron chi connectivity index (χ2n) is 5.91. The zero-order valence-corrected chi connectivity index (χ0v) is 14.0. The minimum absolute atomic E-state index is 0.466. The Balaban J connectivity index is 3.10. The molecule has 21 heavy (non-hydrogen) atoms. The van der Waals surface area contributed by atoms with Gasteiger partial charge in [0.2, 0.25) is 17.8 Å². The molecule has 0 spiro atoms. The summed E-state index contributed by atoms with van der Waals surface area (Å²) < 4.78 is 0. The van der Waals surface area contributed by atoms with Gasteiger partial charge in [0.05, 0.1) is 5.60 Å². The Labute approximate surface area is 127 Å². The van der Waals surface area contributed by atoms with Crippen LogP contribution >= 0.6 is 0 Å². The Morgan fingerprint density at radius 3 is 2.19 bits per heavy atom. The third kappa shape index (κ3) is 5.71. The van der Waals surface area contributed by atoms with E-state index in [-0.39, 0.29) is 0 Å². The van der Waals surface area contributed by atoms with E-state index in [2.05, 4.69) is 27.2 Å². The summed E-state index contributed by atoms with van der Waals surface area (Å²) >= 11 is 0. The SMILES string of the molecule is CCCNc1nc(N(C)C)nc(N(CC)CC(C)(C)O)n1. The third-order valence-electron chi connectivity index (χ3n) is 2.79. The Kier molecular flexibility index (Phi) is 6.14. The summed E-state index contributed by atoms with van der Waals surface area (Å²) in [6, 6.07) is 0. The van der Waals surface area contributed by atoms with Crippen molar-refractivity contribution in [2.45, 2.75) is 39.7 Å². The van der Waals surface area contributed by atoms with E-state index in [0.717, 1.165) is 13.0 Å². The molecule has 0 aromatic carbocycles. The van der Waals surface area contributed by atoms with Gasteiger partial charge in [-0.25, -0.2) is 0 Å².